The lowest BCUT2D eigenvalue weighted by molar-refractivity contribution is -0.142. The van der Waals surface area contributed by atoms with E-state index in [2.05, 4.69) is 23.3 Å². The molecule has 0 spiro atoms. The third kappa shape index (κ3) is 7.24. The van der Waals surface area contributed by atoms with E-state index in [0.717, 1.165) is 11.1 Å². The maximum absolute atomic E-state index is 12.5. The molecule has 2 aromatic carbocycles. The van der Waals surface area contributed by atoms with E-state index >= 15 is 0 Å². The summed E-state index contributed by atoms with van der Waals surface area (Å²) in [7, 11) is 0. The van der Waals surface area contributed by atoms with Crippen molar-refractivity contribution in [2.75, 3.05) is 5.75 Å². The standard InChI is InChI=1S/C21H25N3O4S/c22-16(11-14-7-3-1-4-8-14)19(25)24-18(13-29)20(26)23-17(21(27)28)12-15-9-5-2-6-10-15/h1-10,16-18,29H,11-13,22H2,(H,23,26)(H,24,25)(H,27,28). The first-order chi connectivity index (χ1) is 13.9. The largest absolute Gasteiger partial charge is 0.480 e. The second-order valence-corrected chi connectivity index (χ2v) is 6.99. The zero-order valence-electron chi connectivity index (χ0n) is 15.8. The fourth-order valence-electron chi connectivity index (χ4n) is 2.76. The third-order valence-electron chi connectivity index (χ3n) is 4.35. The van der Waals surface area contributed by atoms with E-state index in [1.165, 1.54) is 0 Å². The van der Waals surface area contributed by atoms with E-state index in [-0.39, 0.29) is 12.2 Å². The highest BCUT2D eigenvalue weighted by Crippen LogP contribution is 2.05. The molecule has 3 unspecified atom stereocenters. The molecule has 0 heterocycles. The number of hydrogen-bond donors (Lipinski definition) is 5. The molecule has 7 nitrogen and oxygen atoms in total. The summed E-state index contributed by atoms with van der Waals surface area (Å²) in [6, 6.07) is 15.3. The first-order valence-corrected chi connectivity index (χ1v) is 9.81. The van der Waals surface area contributed by atoms with E-state index in [0.29, 0.717) is 6.42 Å². The minimum atomic E-state index is -1.16. The zero-order valence-corrected chi connectivity index (χ0v) is 16.7. The van der Waals surface area contributed by atoms with Gasteiger partial charge in [0, 0.05) is 12.2 Å². The summed E-state index contributed by atoms with van der Waals surface area (Å²) in [6.45, 7) is 0. The number of benzene rings is 2. The lowest BCUT2D eigenvalue weighted by atomic mass is 10.0. The van der Waals surface area contributed by atoms with Gasteiger partial charge in [0.2, 0.25) is 11.8 Å². The molecule has 0 aliphatic carbocycles. The highest BCUT2D eigenvalue weighted by Gasteiger charge is 2.27. The van der Waals surface area contributed by atoms with Crippen LogP contribution in [0.15, 0.2) is 60.7 Å². The van der Waals surface area contributed by atoms with Crippen molar-refractivity contribution in [3.8, 4) is 0 Å². The van der Waals surface area contributed by atoms with E-state index in [1.807, 2.05) is 36.4 Å². The molecule has 154 valence electrons. The number of hydrogen-bond acceptors (Lipinski definition) is 5. The molecule has 5 N–H and O–H groups in total. The molecule has 8 heteroatoms. The van der Waals surface area contributed by atoms with Gasteiger partial charge in [-0.3, -0.25) is 9.59 Å². The number of carbonyl (C=O) groups excluding carboxylic acids is 2. The number of carbonyl (C=O) groups is 3. The van der Waals surface area contributed by atoms with Crippen LogP contribution in [0, 0.1) is 0 Å². The van der Waals surface area contributed by atoms with Crippen molar-refractivity contribution >= 4 is 30.4 Å². The third-order valence-corrected chi connectivity index (χ3v) is 4.71. The first-order valence-electron chi connectivity index (χ1n) is 9.18. The van der Waals surface area contributed by atoms with Crippen LogP contribution in [0.2, 0.25) is 0 Å². The molecule has 0 bridgehead atoms. The number of nitrogens with one attached hydrogen (secondary N) is 2. The summed E-state index contributed by atoms with van der Waals surface area (Å²) in [6.07, 6.45) is 0.446. The van der Waals surface area contributed by atoms with Gasteiger partial charge in [0.25, 0.3) is 0 Å². The number of aliphatic carboxylic acids is 1. The van der Waals surface area contributed by atoms with Crippen LogP contribution in [0.25, 0.3) is 0 Å². The van der Waals surface area contributed by atoms with Crippen molar-refractivity contribution in [3.05, 3.63) is 71.8 Å². The molecule has 3 atom stereocenters. The normalized spacial score (nSPS) is 13.7. The monoisotopic (exact) mass is 415 g/mol. The highest BCUT2D eigenvalue weighted by atomic mass is 32.1. The van der Waals surface area contributed by atoms with Crippen LogP contribution in [0.3, 0.4) is 0 Å². The summed E-state index contributed by atoms with van der Waals surface area (Å²) in [4.78, 5) is 36.4. The molecule has 0 aromatic heterocycles. The van der Waals surface area contributed by atoms with Gasteiger partial charge in [-0.15, -0.1) is 0 Å². The predicted octanol–water partition coefficient (Wildman–Crippen LogP) is 0.783. The Morgan fingerprint density at radius 1 is 0.828 bits per heavy atom. The van der Waals surface area contributed by atoms with Crippen molar-refractivity contribution in [2.45, 2.75) is 31.0 Å². The van der Waals surface area contributed by atoms with Crippen LogP contribution in [0.1, 0.15) is 11.1 Å². The lowest BCUT2D eigenvalue weighted by Crippen LogP contribution is -2.55. The number of rotatable bonds is 10. The van der Waals surface area contributed by atoms with E-state index in [9.17, 15) is 19.5 Å². The summed E-state index contributed by atoms with van der Waals surface area (Å²) in [5.74, 6) is -2.28. The Labute approximate surface area is 175 Å². The molecule has 0 fully saturated rings. The zero-order chi connectivity index (χ0) is 21.2. The first kappa shape index (κ1) is 22.4. The number of carboxylic acids is 1. The molecular weight excluding hydrogens is 390 g/mol. The Morgan fingerprint density at radius 2 is 1.31 bits per heavy atom. The quantitative estimate of drug-likeness (QED) is 0.367. The molecule has 0 aliphatic rings. The average Bonchev–Trinajstić information content (AvgIpc) is 2.72. The summed E-state index contributed by atoms with van der Waals surface area (Å²) < 4.78 is 0. The molecule has 0 saturated heterocycles. The van der Waals surface area contributed by atoms with Crippen molar-refractivity contribution in [1.82, 2.24) is 10.6 Å². The maximum Gasteiger partial charge on any atom is 0.326 e. The minimum Gasteiger partial charge on any atom is -0.480 e. The number of amides is 2. The molecule has 2 rings (SSSR count). The topological polar surface area (TPSA) is 122 Å². The van der Waals surface area contributed by atoms with Crippen LogP contribution in [-0.4, -0.2) is 46.8 Å². The lowest BCUT2D eigenvalue weighted by Gasteiger charge is -2.22. The van der Waals surface area contributed by atoms with Crippen molar-refractivity contribution < 1.29 is 19.5 Å². The molecule has 2 amide bonds. The smallest absolute Gasteiger partial charge is 0.326 e. The van der Waals surface area contributed by atoms with Gasteiger partial charge in [-0.25, -0.2) is 4.79 Å². The number of nitrogens with two attached hydrogens (primary N) is 1. The van der Waals surface area contributed by atoms with Gasteiger partial charge in [0.15, 0.2) is 0 Å². The molecule has 0 saturated carbocycles. The van der Waals surface area contributed by atoms with Crippen LogP contribution >= 0.6 is 12.6 Å². The van der Waals surface area contributed by atoms with Gasteiger partial charge >= 0.3 is 5.97 Å². The maximum atomic E-state index is 12.5. The van der Waals surface area contributed by atoms with Gasteiger partial charge < -0.3 is 21.5 Å². The Morgan fingerprint density at radius 3 is 1.79 bits per heavy atom. The van der Waals surface area contributed by atoms with E-state index in [1.54, 1.807) is 24.3 Å². The van der Waals surface area contributed by atoms with Gasteiger partial charge in [-0.1, -0.05) is 60.7 Å². The van der Waals surface area contributed by atoms with E-state index in [4.69, 9.17) is 5.73 Å². The summed E-state index contributed by atoms with van der Waals surface area (Å²) >= 11 is 4.11. The molecule has 0 radical (unpaired) electrons. The average molecular weight is 416 g/mol. The Kier molecular flexibility index (Phi) is 8.69. The Hall–Kier alpha value is -2.84. The van der Waals surface area contributed by atoms with Gasteiger partial charge in [-0.05, 0) is 17.5 Å². The second kappa shape index (κ2) is 11.2. The fraction of sp³-hybridized carbons (Fsp3) is 0.286. The van der Waals surface area contributed by atoms with Crippen molar-refractivity contribution in [1.29, 1.82) is 0 Å². The van der Waals surface area contributed by atoms with Crippen molar-refractivity contribution in [2.24, 2.45) is 5.73 Å². The molecule has 0 aliphatic heterocycles. The fourth-order valence-corrected chi connectivity index (χ4v) is 3.01. The van der Waals surface area contributed by atoms with Crippen LogP contribution in [0.4, 0.5) is 0 Å². The van der Waals surface area contributed by atoms with Crippen molar-refractivity contribution in [3.63, 3.8) is 0 Å². The van der Waals surface area contributed by atoms with Crippen LogP contribution in [0.5, 0.6) is 0 Å². The Bertz CT molecular complexity index is 817. The summed E-state index contributed by atoms with van der Waals surface area (Å²) in [5.41, 5.74) is 7.61. The number of carboxylic acid groups (broad SMARTS) is 1. The van der Waals surface area contributed by atoms with Gasteiger partial charge in [0.1, 0.15) is 12.1 Å². The minimum absolute atomic E-state index is 0.00725. The summed E-state index contributed by atoms with van der Waals surface area (Å²) in [5, 5.41) is 14.4. The highest BCUT2D eigenvalue weighted by molar-refractivity contribution is 7.80. The molecular formula is C21H25N3O4S. The number of thiol groups is 1. The SMILES string of the molecule is NC(Cc1ccccc1)C(=O)NC(CS)C(=O)NC(Cc1ccccc1)C(=O)O. The van der Waals surface area contributed by atoms with Gasteiger partial charge in [-0.2, -0.15) is 12.6 Å². The second-order valence-electron chi connectivity index (χ2n) is 6.63. The van der Waals surface area contributed by atoms with Crippen LogP contribution in [-0.2, 0) is 27.2 Å². The van der Waals surface area contributed by atoms with Crippen LogP contribution < -0.4 is 16.4 Å². The predicted molar refractivity (Wildman–Crippen MR) is 114 cm³/mol. The molecule has 29 heavy (non-hydrogen) atoms. The van der Waals surface area contributed by atoms with E-state index < -0.39 is 35.9 Å². The molecule has 2 aromatic rings. The Balaban J connectivity index is 1.95. The van der Waals surface area contributed by atoms with Gasteiger partial charge in [0.05, 0.1) is 6.04 Å².